The van der Waals surface area contributed by atoms with Gasteiger partial charge in [-0.1, -0.05) is 17.7 Å². The fourth-order valence-corrected chi connectivity index (χ4v) is 2.17. The number of amides is 3. The van der Waals surface area contributed by atoms with E-state index in [4.69, 9.17) is 10.5 Å². The number of nitrogens with one attached hydrogen (secondary N) is 2. The summed E-state index contributed by atoms with van der Waals surface area (Å²) in [6.45, 7) is 3.40. The van der Waals surface area contributed by atoms with Gasteiger partial charge in [0.2, 0.25) is 11.8 Å². The number of ether oxygens (including phenoxy) is 1. The van der Waals surface area contributed by atoms with E-state index in [-0.39, 0.29) is 18.9 Å². The lowest BCUT2D eigenvalue weighted by Crippen LogP contribution is -2.26. The first-order valence-electron chi connectivity index (χ1n) is 8.54. The molecule has 0 saturated carbocycles. The number of nitrogens with two attached hydrogens (primary N) is 1. The van der Waals surface area contributed by atoms with Crippen molar-refractivity contribution in [3.63, 3.8) is 0 Å². The van der Waals surface area contributed by atoms with E-state index in [0.29, 0.717) is 22.7 Å². The maximum absolute atomic E-state index is 12.0. The summed E-state index contributed by atoms with van der Waals surface area (Å²) in [5.41, 5.74) is 9.91. The Kier molecular flexibility index (Phi) is 7.27. The van der Waals surface area contributed by atoms with E-state index in [2.05, 4.69) is 15.8 Å². The molecule has 0 atom stereocenters. The van der Waals surface area contributed by atoms with Crippen LogP contribution in [0.25, 0.3) is 0 Å². The van der Waals surface area contributed by atoms with Crippen LogP contribution in [0.5, 0.6) is 5.75 Å². The number of carbonyl (C=O) groups excluding carboxylic acids is 3. The topological polar surface area (TPSA) is 123 Å². The lowest BCUT2D eigenvalue weighted by atomic mass is 10.2. The monoisotopic (exact) mass is 382 g/mol. The Hall–Kier alpha value is -3.68. The van der Waals surface area contributed by atoms with Crippen LogP contribution in [-0.2, 0) is 9.59 Å². The minimum absolute atomic E-state index is 0.00330. The molecule has 0 unspecified atom stereocenters. The van der Waals surface area contributed by atoms with Crippen molar-refractivity contribution in [2.45, 2.75) is 20.3 Å². The first-order chi connectivity index (χ1) is 13.3. The fourth-order valence-electron chi connectivity index (χ4n) is 2.17. The van der Waals surface area contributed by atoms with Crippen LogP contribution in [0.1, 0.15) is 29.3 Å². The summed E-state index contributed by atoms with van der Waals surface area (Å²) in [6, 6.07) is 13.5. The van der Waals surface area contributed by atoms with Crippen LogP contribution in [0.4, 0.5) is 5.69 Å². The molecule has 0 radical (unpaired) electrons. The maximum Gasteiger partial charge on any atom is 0.277 e. The Balaban J connectivity index is 1.76. The zero-order valence-corrected chi connectivity index (χ0v) is 15.7. The molecule has 0 fully saturated rings. The van der Waals surface area contributed by atoms with Crippen LogP contribution >= 0.6 is 0 Å². The summed E-state index contributed by atoms with van der Waals surface area (Å²) in [4.78, 5) is 34.8. The van der Waals surface area contributed by atoms with Gasteiger partial charge in [0.1, 0.15) is 5.75 Å². The fraction of sp³-hybridized carbons (Fsp3) is 0.200. The summed E-state index contributed by atoms with van der Waals surface area (Å²) < 4.78 is 5.35. The molecule has 8 heteroatoms. The number of benzene rings is 2. The highest BCUT2D eigenvalue weighted by atomic mass is 16.5. The highest BCUT2D eigenvalue weighted by Crippen LogP contribution is 2.11. The molecule has 146 valence electrons. The number of hydrazone groups is 1. The van der Waals surface area contributed by atoms with Gasteiger partial charge in [-0.15, -0.1) is 0 Å². The van der Waals surface area contributed by atoms with E-state index < -0.39 is 11.8 Å². The third-order valence-corrected chi connectivity index (χ3v) is 3.63. The molecule has 2 aromatic carbocycles. The van der Waals surface area contributed by atoms with Crippen LogP contribution in [0.3, 0.4) is 0 Å². The van der Waals surface area contributed by atoms with Gasteiger partial charge in [0, 0.05) is 17.0 Å². The Morgan fingerprint density at radius 2 is 1.64 bits per heavy atom. The van der Waals surface area contributed by atoms with E-state index in [1.54, 1.807) is 31.2 Å². The van der Waals surface area contributed by atoms with Crippen LogP contribution in [0, 0.1) is 6.92 Å². The predicted octanol–water partition coefficient (Wildman–Crippen LogP) is 1.99. The number of aryl methyl sites for hydroxylation is 1. The number of primary amides is 1. The summed E-state index contributed by atoms with van der Waals surface area (Å²) in [5, 5.41) is 6.55. The maximum atomic E-state index is 12.0. The van der Waals surface area contributed by atoms with Crippen LogP contribution in [0.2, 0.25) is 0 Å². The van der Waals surface area contributed by atoms with E-state index in [1.165, 1.54) is 12.1 Å². The van der Waals surface area contributed by atoms with Gasteiger partial charge < -0.3 is 15.8 Å². The van der Waals surface area contributed by atoms with Gasteiger partial charge in [-0.25, -0.2) is 5.43 Å². The highest BCUT2D eigenvalue weighted by Gasteiger charge is 2.07. The quantitative estimate of drug-likeness (QED) is 0.477. The molecule has 2 aromatic rings. The lowest BCUT2D eigenvalue weighted by Gasteiger charge is -2.07. The summed E-state index contributed by atoms with van der Waals surface area (Å²) in [7, 11) is 0. The zero-order chi connectivity index (χ0) is 20.5. The largest absolute Gasteiger partial charge is 0.484 e. The molecule has 0 aliphatic heterocycles. The Morgan fingerprint density at radius 3 is 2.25 bits per heavy atom. The summed E-state index contributed by atoms with van der Waals surface area (Å²) in [6.07, 6.45) is -0.00330. The van der Waals surface area contributed by atoms with E-state index in [1.807, 2.05) is 19.1 Å². The SMILES string of the molecule is C/C(CC(=O)Nc1ccc(C(N)=O)cc1)=N\NC(=O)COc1ccc(C)cc1. The zero-order valence-electron chi connectivity index (χ0n) is 15.7. The predicted molar refractivity (Wildman–Crippen MR) is 106 cm³/mol. The van der Waals surface area contributed by atoms with Crippen LogP contribution in [0.15, 0.2) is 53.6 Å². The number of nitrogens with zero attached hydrogens (tertiary/aromatic N) is 1. The van der Waals surface area contributed by atoms with Gasteiger partial charge in [0.25, 0.3) is 5.91 Å². The molecule has 0 aromatic heterocycles. The van der Waals surface area contributed by atoms with Gasteiger partial charge >= 0.3 is 0 Å². The second-order valence-corrected chi connectivity index (χ2v) is 6.15. The van der Waals surface area contributed by atoms with Gasteiger partial charge in [0.05, 0.1) is 6.42 Å². The molecule has 2 rings (SSSR count). The van der Waals surface area contributed by atoms with Crippen molar-refractivity contribution in [2.75, 3.05) is 11.9 Å². The molecule has 0 saturated heterocycles. The molecule has 4 N–H and O–H groups in total. The minimum Gasteiger partial charge on any atom is -0.484 e. The van der Waals surface area contributed by atoms with Gasteiger partial charge in [0.15, 0.2) is 6.61 Å². The minimum atomic E-state index is -0.539. The highest BCUT2D eigenvalue weighted by molar-refractivity contribution is 6.05. The normalized spacial score (nSPS) is 10.9. The summed E-state index contributed by atoms with van der Waals surface area (Å²) in [5.74, 6) is -0.688. The number of carbonyl (C=O) groups is 3. The molecule has 0 spiro atoms. The number of anilines is 1. The van der Waals surface area contributed by atoms with Crippen molar-refractivity contribution in [1.82, 2.24) is 5.43 Å². The smallest absolute Gasteiger partial charge is 0.277 e. The number of hydrogen-bond donors (Lipinski definition) is 3. The van der Waals surface area contributed by atoms with Gasteiger partial charge in [-0.3, -0.25) is 14.4 Å². The second kappa shape index (κ2) is 9.86. The molecule has 28 heavy (non-hydrogen) atoms. The van der Waals surface area contributed by atoms with Crippen molar-refractivity contribution in [2.24, 2.45) is 10.8 Å². The molecular formula is C20H22N4O4. The first kappa shape index (κ1) is 20.6. The molecule has 0 aliphatic carbocycles. The molecule has 0 aliphatic rings. The van der Waals surface area contributed by atoms with E-state index >= 15 is 0 Å². The van der Waals surface area contributed by atoms with Crippen molar-refractivity contribution in [1.29, 1.82) is 0 Å². The molecular weight excluding hydrogens is 360 g/mol. The Bertz CT molecular complexity index is 874. The standard InChI is InChI=1S/C20H22N4O4/c1-13-3-9-17(10-4-13)28-12-19(26)24-23-14(2)11-18(25)22-16-7-5-15(6-8-16)20(21)27/h3-10H,11-12H2,1-2H3,(H2,21,27)(H,22,25)(H,24,26)/b23-14+. The average molecular weight is 382 g/mol. The van der Waals surface area contributed by atoms with Crippen LogP contribution in [-0.4, -0.2) is 30.0 Å². The number of rotatable bonds is 8. The van der Waals surface area contributed by atoms with Crippen molar-refractivity contribution in [3.05, 3.63) is 59.7 Å². The molecule has 8 nitrogen and oxygen atoms in total. The van der Waals surface area contributed by atoms with Crippen molar-refractivity contribution >= 4 is 29.1 Å². The Labute approximate surface area is 162 Å². The van der Waals surface area contributed by atoms with E-state index in [9.17, 15) is 14.4 Å². The average Bonchev–Trinajstić information content (AvgIpc) is 2.66. The molecule has 0 heterocycles. The van der Waals surface area contributed by atoms with Crippen molar-refractivity contribution in [3.8, 4) is 5.75 Å². The summed E-state index contributed by atoms with van der Waals surface area (Å²) >= 11 is 0. The molecule has 3 amide bonds. The second-order valence-electron chi connectivity index (χ2n) is 6.15. The van der Waals surface area contributed by atoms with Crippen molar-refractivity contribution < 1.29 is 19.1 Å². The first-order valence-corrected chi connectivity index (χ1v) is 8.54. The molecule has 0 bridgehead atoms. The van der Waals surface area contributed by atoms with Crippen LogP contribution < -0.4 is 21.2 Å². The number of hydrogen-bond acceptors (Lipinski definition) is 5. The third-order valence-electron chi connectivity index (χ3n) is 3.63. The van der Waals surface area contributed by atoms with Gasteiger partial charge in [-0.2, -0.15) is 5.10 Å². The third kappa shape index (κ3) is 6.91. The van der Waals surface area contributed by atoms with Gasteiger partial charge in [-0.05, 0) is 50.2 Å². The Morgan fingerprint density at radius 1 is 1.00 bits per heavy atom. The van der Waals surface area contributed by atoms with E-state index in [0.717, 1.165) is 5.56 Å². The lowest BCUT2D eigenvalue weighted by molar-refractivity contribution is -0.123.